The SMILES string of the molecule is CCN(C(=O)c1ccccc1)N(C(=O)c1ccccc1F)C(C)(C)C. The maximum atomic E-state index is 14.1. The Morgan fingerprint density at radius 2 is 1.48 bits per heavy atom. The summed E-state index contributed by atoms with van der Waals surface area (Å²) >= 11 is 0. The molecule has 2 aromatic carbocycles. The summed E-state index contributed by atoms with van der Waals surface area (Å²) in [6, 6.07) is 14.5. The maximum Gasteiger partial charge on any atom is 0.275 e. The van der Waals surface area contributed by atoms with Crippen molar-refractivity contribution in [3.63, 3.8) is 0 Å². The molecule has 0 saturated carbocycles. The number of halogens is 1. The molecule has 0 unspecified atom stereocenters. The molecule has 0 aliphatic carbocycles. The number of carbonyl (C=O) groups excluding carboxylic acids is 2. The molecule has 0 radical (unpaired) electrons. The summed E-state index contributed by atoms with van der Waals surface area (Å²) in [5, 5.41) is 2.70. The highest BCUT2D eigenvalue weighted by Gasteiger charge is 2.36. The van der Waals surface area contributed by atoms with Crippen LogP contribution in [0, 0.1) is 5.82 Å². The molecule has 0 aromatic heterocycles. The lowest BCUT2D eigenvalue weighted by atomic mass is 10.1. The van der Waals surface area contributed by atoms with Gasteiger partial charge in [0.1, 0.15) is 5.82 Å². The molecule has 0 spiro atoms. The van der Waals surface area contributed by atoms with Crippen LogP contribution in [0.15, 0.2) is 54.6 Å². The van der Waals surface area contributed by atoms with Crippen LogP contribution in [0.5, 0.6) is 0 Å². The van der Waals surface area contributed by atoms with Crippen molar-refractivity contribution in [1.29, 1.82) is 0 Å². The molecular weight excluding hydrogens is 319 g/mol. The van der Waals surface area contributed by atoms with Gasteiger partial charge in [-0.05, 0) is 52.0 Å². The van der Waals surface area contributed by atoms with Gasteiger partial charge in [-0.3, -0.25) is 9.59 Å². The van der Waals surface area contributed by atoms with Gasteiger partial charge in [0.15, 0.2) is 0 Å². The van der Waals surface area contributed by atoms with Crippen molar-refractivity contribution in [3.8, 4) is 0 Å². The van der Waals surface area contributed by atoms with Crippen LogP contribution >= 0.6 is 0 Å². The average molecular weight is 342 g/mol. The van der Waals surface area contributed by atoms with Crippen molar-refractivity contribution in [1.82, 2.24) is 10.0 Å². The molecule has 0 aliphatic heterocycles. The lowest BCUT2D eigenvalue weighted by molar-refractivity contribution is -0.0413. The summed E-state index contributed by atoms with van der Waals surface area (Å²) in [5.74, 6) is -1.45. The highest BCUT2D eigenvalue weighted by Crippen LogP contribution is 2.23. The minimum atomic E-state index is -0.709. The number of carbonyl (C=O) groups is 2. The molecule has 25 heavy (non-hydrogen) atoms. The van der Waals surface area contributed by atoms with Crippen molar-refractivity contribution >= 4 is 11.8 Å². The number of hydrogen-bond donors (Lipinski definition) is 0. The van der Waals surface area contributed by atoms with E-state index in [2.05, 4.69) is 0 Å². The van der Waals surface area contributed by atoms with Gasteiger partial charge in [0.2, 0.25) is 0 Å². The van der Waals surface area contributed by atoms with Crippen LogP contribution in [0.1, 0.15) is 48.4 Å². The van der Waals surface area contributed by atoms with Gasteiger partial charge in [0.05, 0.1) is 11.1 Å². The smallest absolute Gasteiger partial charge is 0.267 e. The fourth-order valence-electron chi connectivity index (χ4n) is 2.63. The average Bonchev–Trinajstić information content (AvgIpc) is 2.58. The van der Waals surface area contributed by atoms with Crippen molar-refractivity contribution in [2.75, 3.05) is 6.54 Å². The summed E-state index contributed by atoms with van der Waals surface area (Å²) in [7, 11) is 0. The molecular formula is C20H23FN2O2. The Morgan fingerprint density at radius 1 is 0.920 bits per heavy atom. The normalized spacial score (nSPS) is 11.1. The van der Waals surface area contributed by atoms with E-state index in [9.17, 15) is 14.0 Å². The quantitative estimate of drug-likeness (QED) is 0.787. The highest BCUT2D eigenvalue weighted by atomic mass is 19.1. The molecule has 0 bridgehead atoms. The molecule has 0 aliphatic rings. The third-order valence-corrected chi connectivity index (χ3v) is 3.73. The van der Waals surface area contributed by atoms with Crippen LogP contribution in [0.4, 0.5) is 4.39 Å². The number of hydrazine groups is 1. The van der Waals surface area contributed by atoms with Crippen molar-refractivity contribution in [3.05, 3.63) is 71.5 Å². The number of amides is 2. The first-order valence-corrected chi connectivity index (χ1v) is 8.23. The molecule has 2 aromatic rings. The van der Waals surface area contributed by atoms with Crippen molar-refractivity contribution < 1.29 is 14.0 Å². The minimum absolute atomic E-state index is 0.0586. The standard InChI is InChI=1S/C20H23FN2O2/c1-5-22(18(24)15-11-7-6-8-12-15)23(20(2,3)4)19(25)16-13-9-10-14-17(16)21/h6-14H,5H2,1-4H3. The molecule has 0 saturated heterocycles. The molecule has 0 N–H and O–H groups in total. The first kappa shape index (κ1) is 18.6. The van der Waals surface area contributed by atoms with Crippen LogP contribution in [0.3, 0.4) is 0 Å². The Kier molecular flexibility index (Phi) is 5.57. The second-order valence-electron chi connectivity index (χ2n) is 6.65. The summed E-state index contributed by atoms with van der Waals surface area (Å²) in [6.07, 6.45) is 0. The molecule has 2 rings (SSSR count). The van der Waals surface area contributed by atoms with Crippen LogP contribution in [0.2, 0.25) is 0 Å². The first-order chi connectivity index (χ1) is 11.8. The van der Waals surface area contributed by atoms with E-state index < -0.39 is 17.3 Å². The van der Waals surface area contributed by atoms with Gasteiger partial charge in [0, 0.05) is 12.1 Å². The monoisotopic (exact) mass is 342 g/mol. The molecule has 4 nitrogen and oxygen atoms in total. The fourth-order valence-corrected chi connectivity index (χ4v) is 2.63. The second kappa shape index (κ2) is 7.47. The van der Waals surface area contributed by atoms with Gasteiger partial charge >= 0.3 is 0 Å². The van der Waals surface area contributed by atoms with Crippen LogP contribution in [-0.4, -0.2) is 33.9 Å². The van der Waals surface area contributed by atoms with Crippen LogP contribution in [-0.2, 0) is 0 Å². The van der Waals surface area contributed by atoms with E-state index in [1.165, 1.54) is 28.2 Å². The minimum Gasteiger partial charge on any atom is -0.267 e. The predicted molar refractivity (Wildman–Crippen MR) is 95.5 cm³/mol. The zero-order chi connectivity index (χ0) is 18.6. The molecule has 132 valence electrons. The summed E-state index contributed by atoms with van der Waals surface area (Å²) < 4.78 is 14.1. The van der Waals surface area contributed by atoms with Gasteiger partial charge in [0.25, 0.3) is 11.8 Å². The largest absolute Gasteiger partial charge is 0.275 e. The molecule has 2 amide bonds. The van der Waals surface area contributed by atoms with Crippen LogP contribution in [0.25, 0.3) is 0 Å². The Labute approximate surface area is 147 Å². The summed E-state index contributed by atoms with van der Waals surface area (Å²) in [6.45, 7) is 7.51. The zero-order valence-electron chi connectivity index (χ0n) is 15.0. The fraction of sp³-hybridized carbons (Fsp3) is 0.300. The van der Waals surface area contributed by atoms with E-state index in [0.29, 0.717) is 5.56 Å². The van der Waals surface area contributed by atoms with Crippen molar-refractivity contribution in [2.45, 2.75) is 33.2 Å². The lowest BCUT2D eigenvalue weighted by Crippen LogP contribution is -2.58. The topological polar surface area (TPSA) is 40.6 Å². The third-order valence-electron chi connectivity index (χ3n) is 3.73. The number of rotatable bonds is 3. The van der Waals surface area contributed by atoms with Gasteiger partial charge in [-0.1, -0.05) is 30.3 Å². The Bertz CT molecular complexity index is 754. The van der Waals surface area contributed by atoms with E-state index >= 15 is 0 Å². The van der Waals surface area contributed by atoms with E-state index in [1.54, 1.807) is 37.3 Å². The predicted octanol–water partition coefficient (Wildman–Crippen LogP) is 4.14. The van der Waals surface area contributed by atoms with Gasteiger partial charge in [-0.25, -0.2) is 14.4 Å². The lowest BCUT2D eigenvalue weighted by Gasteiger charge is -2.43. The molecule has 0 heterocycles. The molecule has 5 heteroatoms. The van der Waals surface area contributed by atoms with E-state index in [-0.39, 0.29) is 18.0 Å². The number of hydrogen-bond acceptors (Lipinski definition) is 2. The number of nitrogens with zero attached hydrogens (tertiary/aromatic N) is 2. The van der Waals surface area contributed by atoms with Crippen molar-refractivity contribution in [2.24, 2.45) is 0 Å². The first-order valence-electron chi connectivity index (χ1n) is 8.23. The molecule has 0 atom stereocenters. The van der Waals surface area contributed by atoms with Gasteiger partial charge in [-0.2, -0.15) is 0 Å². The second-order valence-corrected chi connectivity index (χ2v) is 6.65. The van der Waals surface area contributed by atoms with Gasteiger partial charge < -0.3 is 0 Å². The van der Waals surface area contributed by atoms with E-state index in [1.807, 2.05) is 26.8 Å². The Morgan fingerprint density at radius 3 is 2.00 bits per heavy atom. The van der Waals surface area contributed by atoms with E-state index in [0.717, 1.165) is 0 Å². The maximum absolute atomic E-state index is 14.1. The highest BCUT2D eigenvalue weighted by molar-refractivity contribution is 5.99. The number of benzene rings is 2. The van der Waals surface area contributed by atoms with Gasteiger partial charge in [-0.15, -0.1) is 0 Å². The molecule has 0 fully saturated rings. The van der Waals surface area contributed by atoms with E-state index in [4.69, 9.17) is 0 Å². The van der Waals surface area contributed by atoms with Crippen LogP contribution < -0.4 is 0 Å². The summed E-state index contributed by atoms with van der Waals surface area (Å²) in [4.78, 5) is 26.0. The third kappa shape index (κ3) is 4.05. The zero-order valence-corrected chi connectivity index (χ0v) is 15.0. The Hall–Kier alpha value is -2.69. The Balaban J connectivity index is 2.47. The summed E-state index contributed by atoms with van der Waals surface area (Å²) in [5.41, 5.74) is -0.295.